The third-order valence-corrected chi connectivity index (χ3v) is 4.13. The molecule has 2 N–H and O–H groups in total. The van der Waals surface area contributed by atoms with Crippen LogP contribution in [-0.4, -0.2) is 41.5 Å². The van der Waals surface area contributed by atoms with Crippen molar-refractivity contribution < 1.29 is 0 Å². The van der Waals surface area contributed by atoms with E-state index in [0.29, 0.717) is 10.7 Å². The van der Waals surface area contributed by atoms with Crippen molar-refractivity contribution in [2.75, 3.05) is 31.9 Å². The van der Waals surface area contributed by atoms with Crippen molar-refractivity contribution >= 4 is 17.3 Å². The quantitative estimate of drug-likeness (QED) is 0.846. The normalized spacial score (nSPS) is 18.7. The Labute approximate surface area is 121 Å². The SMILES string of the molecule is CC(C)(C)N1CCN(Cc2ccc(Cl)c(N)c2)CC1. The molecule has 1 aliphatic heterocycles. The maximum absolute atomic E-state index is 5.95. The molecule has 106 valence electrons. The summed E-state index contributed by atoms with van der Waals surface area (Å²) in [4.78, 5) is 5.02. The van der Waals surface area contributed by atoms with Gasteiger partial charge in [0.05, 0.1) is 10.7 Å². The minimum Gasteiger partial charge on any atom is -0.398 e. The van der Waals surface area contributed by atoms with Crippen molar-refractivity contribution in [1.82, 2.24) is 9.80 Å². The Hall–Kier alpha value is -0.770. The first kappa shape index (κ1) is 14.6. The van der Waals surface area contributed by atoms with Gasteiger partial charge in [-0.15, -0.1) is 0 Å². The van der Waals surface area contributed by atoms with Crippen LogP contribution in [0, 0.1) is 0 Å². The minimum absolute atomic E-state index is 0.275. The molecule has 0 saturated carbocycles. The zero-order valence-electron chi connectivity index (χ0n) is 12.1. The van der Waals surface area contributed by atoms with Crippen molar-refractivity contribution in [3.05, 3.63) is 28.8 Å². The third kappa shape index (κ3) is 3.85. The van der Waals surface area contributed by atoms with Crippen LogP contribution in [-0.2, 0) is 6.54 Å². The van der Waals surface area contributed by atoms with Crippen LogP contribution in [0.4, 0.5) is 5.69 Å². The maximum Gasteiger partial charge on any atom is 0.0635 e. The van der Waals surface area contributed by atoms with E-state index in [1.807, 2.05) is 12.1 Å². The number of nitrogen functional groups attached to an aromatic ring is 1. The molecule has 1 aromatic carbocycles. The van der Waals surface area contributed by atoms with Gasteiger partial charge in [0, 0.05) is 38.3 Å². The number of nitrogens with two attached hydrogens (primary N) is 1. The highest BCUT2D eigenvalue weighted by molar-refractivity contribution is 6.33. The summed E-state index contributed by atoms with van der Waals surface area (Å²) < 4.78 is 0. The molecule has 1 aliphatic rings. The third-order valence-electron chi connectivity index (χ3n) is 3.79. The van der Waals surface area contributed by atoms with Crippen LogP contribution in [0.2, 0.25) is 5.02 Å². The molecule has 1 heterocycles. The standard InChI is InChI=1S/C15H24ClN3/c1-15(2,3)19-8-6-18(7-9-19)11-12-4-5-13(16)14(17)10-12/h4-5,10H,6-9,11,17H2,1-3H3. The van der Waals surface area contributed by atoms with Gasteiger partial charge in [-0.05, 0) is 38.5 Å². The van der Waals surface area contributed by atoms with Gasteiger partial charge >= 0.3 is 0 Å². The molecular formula is C15H24ClN3. The molecule has 1 saturated heterocycles. The number of hydrogen-bond acceptors (Lipinski definition) is 3. The molecule has 19 heavy (non-hydrogen) atoms. The smallest absolute Gasteiger partial charge is 0.0635 e. The van der Waals surface area contributed by atoms with Crippen molar-refractivity contribution in [1.29, 1.82) is 0 Å². The fourth-order valence-corrected chi connectivity index (χ4v) is 2.64. The monoisotopic (exact) mass is 281 g/mol. The molecule has 0 amide bonds. The molecular weight excluding hydrogens is 258 g/mol. The second kappa shape index (κ2) is 5.70. The van der Waals surface area contributed by atoms with Crippen molar-refractivity contribution in [2.45, 2.75) is 32.9 Å². The topological polar surface area (TPSA) is 32.5 Å². The van der Waals surface area contributed by atoms with E-state index < -0.39 is 0 Å². The molecule has 0 atom stereocenters. The first-order valence-electron chi connectivity index (χ1n) is 6.87. The Bertz CT molecular complexity index is 432. The van der Waals surface area contributed by atoms with Gasteiger partial charge in [0.1, 0.15) is 0 Å². The van der Waals surface area contributed by atoms with Gasteiger partial charge in [0.2, 0.25) is 0 Å². The molecule has 2 rings (SSSR count). The molecule has 0 bridgehead atoms. The fraction of sp³-hybridized carbons (Fsp3) is 0.600. The highest BCUT2D eigenvalue weighted by Gasteiger charge is 2.25. The van der Waals surface area contributed by atoms with Crippen LogP contribution < -0.4 is 5.73 Å². The first-order chi connectivity index (χ1) is 8.86. The first-order valence-corrected chi connectivity index (χ1v) is 7.25. The van der Waals surface area contributed by atoms with E-state index in [1.165, 1.54) is 5.56 Å². The van der Waals surface area contributed by atoms with Crippen molar-refractivity contribution in [2.24, 2.45) is 0 Å². The predicted molar refractivity (Wildman–Crippen MR) is 82.5 cm³/mol. The van der Waals surface area contributed by atoms with Gasteiger partial charge in [0.15, 0.2) is 0 Å². The summed E-state index contributed by atoms with van der Waals surface area (Å²) in [5.41, 5.74) is 8.04. The highest BCUT2D eigenvalue weighted by Crippen LogP contribution is 2.21. The molecule has 0 unspecified atom stereocenters. The lowest BCUT2D eigenvalue weighted by Gasteiger charge is -2.42. The molecule has 1 aromatic rings. The van der Waals surface area contributed by atoms with Crippen LogP contribution in [0.25, 0.3) is 0 Å². The Morgan fingerprint density at radius 1 is 1.16 bits per heavy atom. The van der Waals surface area contributed by atoms with E-state index in [1.54, 1.807) is 0 Å². The molecule has 1 fully saturated rings. The molecule has 4 heteroatoms. The van der Waals surface area contributed by atoms with Gasteiger partial charge < -0.3 is 5.73 Å². The average molecular weight is 282 g/mol. The van der Waals surface area contributed by atoms with Gasteiger partial charge in [0.25, 0.3) is 0 Å². The Morgan fingerprint density at radius 3 is 2.32 bits per heavy atom. The Kier molecular flexibility index (Phi) is 4.39. The van der Waals surface area contributed by atoms with Gasteiger partial charge in [-0.25, -0.2) is 0 Å². The lowest BCUT2D eigenvalue weighted by Crippen LogP contribution is -2.53. The molecule has 0 aromatic heterocycles. The minimum atomic E-state index is 0.275. The van der Waals surface area contributed by atoms with Crippen LogP contribution in [0.5, 0.6) is 0 Å². The number of anilines is 1. The van der Waals surface area contributed by atoms with Crippen molar-refractivity contribution in [3.63, 3.8) is 0 Å². The van der Waals surface area contributed by atoms with Crippen LogP contribution in [0.3, 0.4) is 0 Å². The number of piperazine rings is 1. The molecule has 0 spiro atoms. The van der Waals surface area contributed by atoms with E-state index in [-0.39, 0.29) is 5.54 Å². The van der Waals surface area contributed by atoms with E-state index in [4.69, 9.17) is 17.3 Å². The van der Waals surface area contributed by atoms with Crippen LogP contribution in [0.15, 0.2) is 18.2 Å². The molecule has 0 aliphatic carbocycles. The lowest BCUT2D eigenvalue weighted by molar-refractivity contribution is 0.0591. The number of rotatable bonds is 2. The van der Waals surface area contributed by atoms with E-state index >= 15 is 0 Å². The van der Waals surface area contributed by atoms with Crippen LogP contribution >= 0.6 is 11.6 Å². The molecule has 3 nitrogen and oxygen atoms in total. The van der Waals surface area contributed by atoms with Crippen LogP contribution in [0.1, 0.15) is 26.3 Å². The summed E-state index contributed by atoms with van der Waals surface area (Å²) in [6.07, 6.45) is 0. The average Bonchev–Trinajstić information content (AvgIpc) is 2.33. The largest absolute Gasteiger partial charge is 0.398 e. The van der Waals surface area contributed by atoms with Gasteiger partial charge in [-0.1, -0.05) is 17.7 Å². The van der Waals surface area contributed by atoms with E-state index in [0.717, 1.165) is 32.7 Å². The number of halogens is 1. The number of nitrogens with zero attached hydrogens (tertiary/aromatic N) is 2. The zero-order valence-corrected chi connectivity index (χ0v) is 12.9. The maximum atomic E-state index is 5.95. The Balaban J connectivity index is 1.90. The summed E-state index contributed by atoms with van der Waals surface area (Å²) >= 11 is 5.95. The Morgan fingerprint density at radius 2 is 1.79 bits per heavy atom. The summed E-state index contributed by atoms with van der Waals surface area (Å²) in [5.74, 6) is 0. The van der Waals surface area contributed by atoms with E-state index in [9.17, 15) is 0 Å². The van der Waals surface area contributed by atoms with Gasteiger partial charge in [-0.3, -0.25) is 9.80 Å². The summed E-state index contributed by atoms with van der Waals surface area (Å²) in [5, 5.41) is 0.640. The van der Waals surface area contributed by atoms with Crippen molar-refractivity contribution in [3.8, 4) is 0 Å². The lowest BCUT2D eigenvalue weighted by atomic mass is 10.0. The summed E-state index contributed by atoms with van der Waals surface area (Å²) in [6.45, 7) is 12.3. The predicted octanol–water partition coefficient (Wildman–Crippen LogP) is 2.84. The number of hydrogen-bond donors (Lipinski definition) is 1. The highest BCUT2D eigenvalue weighted by atomic mass is 35.5. The second-order valence-electron chi connectivity index (χ2n) is 6.29. The second-order valence-corrected chi connectivity index (χ2v) is 6.70. The summed E-state index contributed by atoms with van der Waals surface area (Å²) in [6, 6.07) is 5.94. The number of benzene rings is 1. The molecule has 0 radical (unpaired) electrons. The zero-order chi connectivity index (χ0) is 14.0. The van der Waals surface area contributed by atoms with E-state index in [2.05, 4.69) is 36.6 Å². The fourth-order valence-electron chi connectivity index (χ4n) is 2.53. The summed E-state index contributed by atoms with van der Waals surface area (Å²) in [7, 11) is 0. The van der Waals surface area contributed by atoms with Gasteiger partial charge in [-0.2, -0.15) is 0 Å².